The molecule has 1 unspecified atom stereocenters. The number of unbranched alkanes of at least 4 members (excludes halogenated alkanes) is 2. The van der Waals surface area contributed by atoms with Crippen molar-refractivity contribution in [1.82, 2.24) is 5.32 Å². The molecule has 1 N–H and O–H groups in total. The average Bonchev–Trinajstić information content (AvgIpc) is 2.46. The number of carbonyl (C=O) groups is 1. The summed E-state index contributed by atoms with van der Waals surface area (Å²) in [6, 6.07) is 2.89. The Morgan fingerprint density at radius 1 is 1.23 bits per heavy atom. The van der Waals surface area contributed by atoms with Crippen LogP contribution in [-0.2, 0) is 0 Å². The van der Waals surface area contributed by atoms with E-state index in [-0.39, 0.29) is 11.6 Å². The van der Waals surface area contributed by atoms with Gasteiger partial charge in [-0.1, -0.05) is 26.2 Å². The summed E-state index contributed by atoms with van der Waals surface area (Å²) in [5, 5.41) is 24.4. The monoisotopic (exact) mass is 309 g/mol. The molecule has 0 aliphatic rings. The molecule has 0 aliphatic carbocycles. The number of nitro groups is 2. The fraction of sp³-hybridized carbons (Fsp3) is 0.500. The smallest absolute Gasteiger partial charge is 0.289 e. The second-order valence-electron chi connectivity index (χ2n) is 5.09. The number of nitro benzene ring substituents is 2. The molecule has 0 heterocycles. The van der Waals surface area contributed by atoms with Crippen LogP contribution in [0.3, 0.4) is 0 Å². The highest BCUT2D eigenvalue weighted by molar-refractivity contribution is 5.98. The first-order chi connectivity index (χ1) is 10.4. The van der Waals surface area contributed by atoms with Crippen LogP contribution in [-0.4, -0.2) is 21.8 Å². The molecule has 1 rings (SSSR count). The normalized spacial score (nSPS) is 11.7. The summed E-state index contributed by atoms with van der Waals surface area (Å²) >= 11 is 0. The molecular formula is C14H19N3O5. The van der Waals surface area contributed by atoms with Gasteiger partial charge in [0.05, 0.1) is 15.9 Å². The highest BCUT2D eigenvalue weighted by Crippen LogP contribution is 2.24. The maximum absolute atomic E-state index is 12.1. The van der Waals surface area contributed by atoms with Crippen LogP contribution < -0.4 is 5.32 Å². The predicted molar refractivity (Wildman–Crippen MR) is 80.8 cm³/mol. The van der Waals surface area contributed by atoms with Crippen LogP contribution in [0.15, 0.2) is 18.2 Å². The Morgan fingerprint density at radius 3 is 2.45 bits per heavy atom. The van der Waals surface area contributed by atoms with Gasteiger partial charge in [-0.2, -0.15) is 0 Å². The van der Waals surface area contributed by atoms with Crippen molar-refractivity contribution in [3.8, 4) is 0 Å². The Balaban J connectivity index is 2.88. The van der Waals surface area contributed by atoms with Crippen LogP contribution in [0.25, 0.3) is 0 Å². The highest BCUT2D eigenvalue weighted by atomic mass is 16.6. The Kier molecular flexibility index (Phi) is 6.43. The molecule has 0 aromatic heterocycles. The second-order valence-corrected chi connectivity index (χ2v) is 5.09. The lowest BCUT2D eigenvalue weighted by molar-refractivity contribution is -0.394. The zero-order chi connectivity index (χ0) is 16.7. The summed E-state index contributed by atoms with van der Waals surface area (Å²) in [5.41, 5.74) is -1.15. The maximum Gasteiger partial charge on any atom is 0.289 e. The number of amides is 1. The summed E-state index contributed by atoms with van der Waals surface area (Å²) in [6.45, 7) is 3.90. The van der Waals surface area contributed by atoms with E-state index in [1.165, 1.54) is 0 Å². The van der Waals surface area contributed by atoms with E-state index in [2.05, 4.69) is 12.2 Å². The number of rotatable bonds is 8. The molecule has 1 amide bonds. The lowest BCUT2D eigenvalue weighted by atomic mass is 10.1. The van der Waals surface area contributed by atoms with Crippen molar-refractivity contribution in [3.05, 3.63) is 44.0 Å². The third-order valence-electron chi connectivity index (χ3n) is 3.25. The number of benzene rings is 1. The molecule has 22 heavy (non-hydrogen) atoms. The van der Waals surface area contributed by atoms with E-state index in [1.807, 2.05) is 6.92 Å². The van der Waals surface area contributed by atoms with Crippen LogP contribution >= 0.6 is 0 Å². The van der Waals surface area contributed by atoms with Gasteiger partial charge in [-0.25, -0.2) is 0 Å². The summed E-state index contributed by atoms with van der Waals surface area (Å²) in [4.78, 5) is 32.3. The molecule has 0 spiro atoms. The van der Waals surface area contributed by atoms with Gasteiger partial charge in [0, 0.05) is 12.1 Å². The zero-order valence-electron chi connectivity index (χ0n) is 12.6. The maximum atomic E-state index is 12.1. The molecule has 8 nitrogen and oxygen atoms in total. The molecule has 0 saturated carbocycles. The lowest BCUT2D eigenvalue weighted by Crippen LogP contribution is -2.32. The number of non-ortho nitro benzene ring substituents is 1. The van der Waals surface area contributed by atoms with E-state index in [0.717, 1.165) is 43.9 Å². The molecule has 0 fully saturated rings. The summed E-state index contributed by atoms with van der Waals surface area (Å²) < 4.78 is 0. The van der Waals surface area contributed by atoms with E-state index in [1.54, 1.807) is 0 Å². The van der Waals surface area contributed by atoms with E-state index in [9.17, 15) is 25.0 Å². The van der Waals surface area contributed by atoms with Gasteiger partial charge in [0.25, 0.3) is 17.3 Å². The van der Waals surface area contributed by atoms with Gasteiger partial charge in [-0.15, -0.1) is 0 Å². The fourth-order valence-corrected chi connectivity index (χ4v) is 2.05. The molecule has 0 saturated heterocycles. The van der Waals surface area contributed by atoms with Gasteiger partial charge in [-0.3, -0.25) is 25.0 Å². The topological polar surface area (TPSA) is 115 Å². The number of nitrogens with one attached hydrogen (secondary N) is 1. The lowest BCUT2D eigenvalue weighted by Gasteiger charge is -2.13. The minimum atomic E-state index is -0.788. The summed E-state index contributed by atoms with van der Waals surface area (Å²) in [7, 11) is 0. The first-order valence-electron chi connectivity index (χ1n) is 7.10. The minimum absolute atomic E-state index is 0.117. The Morgan fingerprint density at radius 2 is 1.91 bits per heavy atom. The number of hydrogen-bond donors (Lipinski definition) is 1. The van der Waals surface area contributed by atoms with Crippen LogP contribution in [0.1, 0.15) is 49.9 Å². The SMILES string of the molecule is CCCCCC(C)NC(=O)c1ccc([N+](=O)[O-])cc1[N+](=O)[O-]. The molecule has 1 aromatic rings. The van der Waals surface area contributed by atoms with Gasteiger partial charge < -0.3 is 5.32 Å². The van der Waals surface area contributed by atoms with Gasteiger partial charge in [0.1, 0.15) is 5.56 Å². The van der Waals surface area contributed by atoms with Crippen LogP contribution in [0.4, 0.5) is 11.4 Å². The van der Waals surface area contributed by atoms with Crippen molar-refractivity contribution < 1.29 is 14.6 Å². The van der Waals surface area contributed by atoms with Crippen LogP contribution in [0.2, 0.25) is 0 Å². The number of carbonyl (C=O) groups excluding carboxylic acids is 1. The zero-order valence-corrected chi connectivity index (χ0v) is 12.6. The quantitative estimate of drug-likeness (QED) is 0.449. The highest BCUT2D eigenvalue weighted by Gasteiger charge is 2.24. The van der Waals surface area contributed by atoms with E-state index < -0.39 is 27.1 Å². The van der Waals surface area contributed by atoms with Gasteiger partial charge in [0.15, 0.2) is 0 Å². The van der Waals surface area contributed by atoms with Gasteiger partial charge in [0.2, 0.25) is 0 Å². The molecule has 8 heteroatoms. The first-order valence-corrected chi connectivity index (χ1v) is 7.10. The Bertz CT molecular complexity index is 574. The van der Waals surface area contributed by atoms with Crippen molar-refractivity contribution in [1.29, 1.82) is 0 Å². The van der Waals surface area contributed by atoms with Crippen molar-refractivity contribution in [2.24, 2.45) is 0 Å². The largest absolute Gasteiger partial charge is 0.349 e. The molecule has 120 valence electrons. The van der Waals surface area contributed by atoms with E-state index >= 15 is 0 Å². The summed E-state index contributed by atoms with van der Waals surface area (Å²) in [6.07, 6.45) is 3.85. The summed E-state index contributed by atoms with van der Waals surface area (Å²) in [5.74, 6) is -0.592. The standard InChI is InChI=1S/C14H19N3O5/c1-3-4-5-6-10(2)15-14(18)12-8-7-11(16(19)20)9-13(12)17(21)22/h7-10H,3-6H2,1-2H3,(H,15,18). The number of hydrogen-bond acceptors (Lipinski definition) is 5. The Labute approximate surface area is 127 Å². The van der Waals surface area contributed by atoms with Crippen molar-refractivity contribution in [2.75, 3.05) is 0 Å². The fourth-order valence-electron chi connectivity index (χ4n) is 2.05. The number of nitrogens with zero attached hydrogens (tertiary/aromatic N) is 2. The van der Waals surface area contributed by atoms with E-state index in [0.29, 0.717) is 0 Å². The van der Waals surface area contributed by atoms with Gasteiger partial charge >= 0.3 is 0 Å². The molecule has 0 radical (unpaired) electrons. The molecule has 0 aliphatic heterocycles. The molecule has 1 aromatic carbocycles. The van der Waals surface area contributed by atoms with Crippen LogP contribution in [0, 0.1) is 20.2 Å². The van der Waals surface area contributed by atoms with Gasteiger partial charge in [-0.05, 0) is 19.4 Å². The van der Waals surface area contributed by atoms with Crippen molar-refractivity contribution in [2.45, 2.75) is 45.6 Å². The predicted octanol–water partition coefficient (Wildman–Crippen LogP) is 3.20. The van der Waals surface area contributed by atoms with E-state index in [4.69, 9.17) is 0 Å². The molecule has 1 atom stereocenters. The Hall–Kier alpha value is -2.51. The molecular weight excluding hydrogens is 290 g/mol. The van der Waals surface area contributed by atoms with Crippen molar-refractivity contribution >= 4 is 17.3 Å². The minimum Gasteiger partial charge on any atom is -0.349 e. The second kappa shape index (κ2) is 8.06. The van der Waals surface area contributed by atoms with Crippen LogP contribution in [0.5, 0.6) is 0 Å². The average molecular weight is 309 g/mol. The van der Waals surface area contributed by atoms with Crippen molar-refractivity contribution in [3.63, 3.8) is 0 Å². The molecule has 0 bridgehead atoms. The first kappa shape index (κ1) is 17.5. The third kappa shape index (κ3) is 4.80. The third-order valence-corrected chi connectivity index (χ3v) is 3.25.